The maximum Gasteiger partial charge on any atom is 0.191 e. The first-order chi connectivity index (χ1) is 14.8. The molecular weight excluding hydrogens is 412 g/mol. The molecule has 4 heteroatoms. The van der Waals surface area contributed by atoms with E-state index in [1.807, 2.05) is 7.11 Å². The van der Waals surface area contributed by atoms with Gasteiger partial charge in [-0.3, -0.25) is 0 Å². The molecule has 4 aliphatic rings. The number of hydrogen-bond donors (Lipinski definition) is 1. The van der Waals surface area contributed by atoms with E-state index in [4.69, 9.17) is 9.16 Å². The van der Waals surface area contributed by atoms with Crippen molar-refractivity contribution < 1.29 is 14.3 Å². The minimum Gasteiger partial charge on any atom is -0.417 e. The summed E-state index contributed by atoms with van der Waals surface area (Å²) >= 11 is 0. The van der Waals surface area contributed by atoms with Gasteiger partial charge in [0, 0.05) is 19.1 Å². The van der Waals surface area contributed by atoms with Crippen molar-refractivity contribution in [2.24, 2.45) is 34.5 Å². The topological polar surface area (TPSA) is 38.7 Å². The molecule has 0 amide bonds. The Morgan fingerprint density at radius 2 is 1.94 bits per heavy atom. The summed E-state index contributed by atoms with van der Waals surface area (Å²) in [6, 6.07) is 0. The summed E-state index contributed by atoms with van der Waals surface area (Å²) in [5.74, 6) is 2.75. The highest BCUT2D eigenvalue weighted by Gasteiger charge is 2.64. The SMILES string of the molecule is COC(/C=C1\CCC[C@@]2(C)C1CCC2[C@H](C)CO[Si](C)(C)C(C)(C)C)C12CC1C[C@H](O)C2. The maximum atomic E-state index is 10.2. The Morgan fingerprint density at radius 1 is 1.22 bits per heavy atom. The molecule has 4 saturated carbocycles. The Labute approximate surface area is 198 Å². The first-order valence-corrected chi connectivity index (χ1v) is 16.3. The number of hydrogen-bond acceptors (Lipinski definition) is 3. The normalized spacial score (nSPS) is 42.6. The van der Waals surface area contributed by atoms with E-state index in [0.717, 1.165) is 25.4 Å². The van der Waals surface area contributed by atoms with Crippen LogP contribution in [0.2, 0.25) is 18.1 Å². The van der Waals surface area contributed by atoms with Gasteiger partial charge in [0.2, 0.25) is 0 Å². The van der Waals surface area contributed by atoms with Crippen LogP contribution < -0.4 is 0 Å². The minimum absolute atomic E-state index is 0.112. The van der Waals surface area contributed by atoms with E-state index in [9.17, 15) is 5.11 Å². The molecule has 0 aromatic heterocycles. The molecule has 3 nitrogen and oxygen atoms in total. The molecule has 0 radical (unpaired) electrons. The fourth-order valence-electron chi connectivity index (χ4n) is 7.83. The molecule has 4 fully saturated rings. The van der Waals surface area contributed by atoms with Crippen molar-refractivity contribution >= 4 is 8.32 Å². The lowest BCUT2D eigenvalue weighted by Gasteiger charge is -2.45. The molecule has 0 bridgehead atoms. The smallest absolute Gasteiger partial charge is 0.191 e. The summed E-state index contributed by atoms with van der Waals surface area (Å²) < 4.78 is 12.8. The van der Waals surface area contributed by atoms with Gasteiger partial charge in [-0.2, -0.15) is 0 Å². The van der Waals surface area contributed by atoms with Crippen molar-refractivity contribution in [3.8, 4) is 0 Å². The van der Waals surface area contributed by atoms with Crippen molar-refractivity contribution in [2.45, 2.75) is 116 Å². The molecular formula is C28H50O3Si. The average molecular weight is 463 g/mol. The molecule has 0 aliphatic heterocycles. The fourth-order valence-corrected chi connectivity index (χ4v) is 8.95. The van der Waals surface area contributed by atoms with Crippen LogP contribution in [0.25, 0.3) is 0 Å². The van der Waals surface area contributed by atoms with E-state index < -0.39 is 8.32 Å². The van der Waals surface area contributed by atoms with Crippen molar-refractivity contribution in [2.75, 3.05) is 13.7 Å². The van der Waals surface area contributed by atoms with Gasteiger partial charge in [0.1, 0.15) is 0 Å². The van der Waals surface area contributed by atoms with Gasteiger partial charge in [-0.05, 0) is 98.6 Å². The van der Waals surface area contributed by atoms with Crippen molar-refractivity contribution in [3.63, 3.8) is 0 Å². The van der Waals surface area contributed by atoms with Crippen LogP contribution in [0.5, 0.6) is 0 Å². The molecule has 0 aromatic rings. The van der Waals surface area contributed by atoms with Crippen LogP contribution in [0, 0.1) is 34.5 Å². The van der Waals surface area contributed by atoms with E-state index in [-0.39, 0.29) is 22.7 Å². The molecule has 5 unspecified atom stereocenters. The molecule has 0 saturated heterocycles. The number of rotatable bonds is 7. The second-order valence-corrected chi connectivity index (χ2v) is 18.6. The summed E-state index contributed by atoms with van der Waals surface area (Å²) in [6.45, 7) is 17.8. The zero-order valence-electron chi connectivity index (χ0n) is 22.2. The van der Waals surface area contributed by atoms with E-state index >= 15 is 0 Å². The predicted octanol–water partition coefficient (Wildman–Crippen LogP) is 6.96. The molecule has 0 heterocycles. The molecule has 32 heavy (non-hydrogen) atoms. The lowest BCUT2D eigenvalue weighted by molar-refractivity contribution is 0.0525. The molecule has 4 rings (SSSR count). The third-order valence-corrected chi connectivity index (χ3v) is 15.4. The lowest BCUT2D eigenvalue weighted by Crippen LogP contribution is -2.43. The van der Waals surface area contributed by atoms with Crippen molar-refractivity contribution in [3.05, 3.63) is 11.6 Å². The number of fused-ring (bicyclic) bond motifs is 2. The van der Waals surface area contributed by atoms with Crippen LogP contribution in [0.15, 0.2) is 11.6 Å². The van der Waals surface area contributed by atoms with Gasteiger partial charge in [-0.25, -0.2) is 0 Å². The van der Waals surface area contributed by atoms with Crippen LogP contribution in [0.1, 0.15) is 86.0 Å². The molecule has 1 N–H and O–H groups in total. The Kier molecular flexibility index (Phi) is 6.62. The Morgan fingerprint density at radius 3 is 2.53 bits per heavy atom. The fraction of sp³-hybridized carbons (Fsp3) is 0.929. The molecule has 0 spiro atoms. The highest BCUT2D eigenvalue weighted by molar-refractivity contribution is 6.74. The average Bonchev–Trinajstić information content (AvgIpc) is 3.08. The summed E-state index contributed by atoms with van der Waals surface area (Å²) in [7, 11) is 0.186. The zero-order valence-corrected chi connectivity index (χ0v) is 23.2. The summed E-state index contributed by atoms with van der Waals surface area (Å²) in [6.07, 6.45) is 12.4. The van der Waals surface area contributed by atoms with Crippen LogP contribution in [0.4, 0.5) is 0 Å². The second kappa shape index (κ2) is 8.50. The monoisotopic (exact) mass is 462 g/mol. The lowest BCUT2D eigenvalue weighted by atomic mass is 9.61. The first kappa shape index (κ1) is 24.9. The van der Waals surface area contributed by atoms with Gasteiger partial charge in [0.15, 0.2) is 8.32 Å². The molecule has 8 atom stereocenters. The third-order valence-electron chi connectivity index (χ3n) is 10.9. The highest BCUT2D eigenvalue weighted by atomic mass is 28.4. The minimum atomic E-state index is -1.70. The summed E-state index contributed by atoms with van der Waals surface area (Å²) in [5.41, 5.74) is 2.30. The van der Waals surface area contributed by atoms with Crippen LogP contribution in [-0.2, 0) is 9.16 Å². The third kappa shape index (κ3) is 4.20. The molecule has 184 valence electrons. The molecule has 0 aromatic carbocycles. The van der Waals surface area contributed by atoms with E-state index in [1.54, 1.807) is 5.57 Å². The number of aliphatic hydroxyl groups is 1. The van der Waals surface area contributed by atoms with E-state index in [2.05, 4.69) is 53.8 Å². The van der Waals surface area contributed by atoms with Gasteiger partial charge >= 0.3 is 0 Å². The Bertz CT molecular complexity index is 725. The maximum absolute atomic E-state index is 10.2. The number of ether oxygens (including phenoxy) is 1. The van der Waals surface area contributed by atoms with Crippen molar-refractivity contribution in [1.82, 2.24) is 0 Å². The second-order valence-electron chi connectivity index (χ2n) is 13.8. The predicted molar refractivity (Wildman–Crippen MR) is 135 cm³/mol. The largest absolute Gasteiger partial charge is 0.417 e. The molecule has 4 aliphatic carbocycles. The Balaban J connectivity index is 1.47. The number of allylic oxidation sites excluding steroid dienone is 1. The van der Waals surface area contributed by atoms with Gasteiger partial charge in [-0.15, -0.1) is 0 Å². The zero-order chi connectivity index (χ0) is 23.5. The van der Waals surface area contributed by atoms with Crippen LogP contribution >= 0.6 is 0 Å². The first-order valence-electron chi connectivity index (χ1n) is 13.4. The van der Waals surface area contributed by atoms with Crippen LogP contribution in [-0.4, -0.2) is 39.3 Å². The number of aliphatic hydroxyl groups excluding tert-OH is 1. The van der Waals surface area contributed by atoms with Crippen molar-refractivity contribution in [1.29, 1.82) is 0 Å². The van der Waals surface area contributed by atoms with Gasteiger partial charge in [0.25, 0.3) is 0 Å². The summed E-state index contributed by atoms with van der Waals surface area (Å²) in [5, 5.41) is 10.5. The Hall–Kier alpha value is -0.163. The quantitative estimate of drug-likeness (QED) is 0.328. The van der Waals surface area contributed by atoms with Gasteiger partial charge in [0.05, 0.1) is 12.2 Å². The summed E-state index contributed by atoms with van der Waals surface area (Å²) in [4.78, 5) is 0. The van der Waals surface area contributed by atoms with Gasteiger partial charge in [-0.1, -0.05) is 46.3 Å². The van der Waals surface area contributed by atoms with E-state index in [0.29, 0.717) is 23.2 Å². The number of methoxy groups -OCH3 is 1. The van der Waals surface area contributed by atoms with E-state index in [1.165, 1.54) is 38.5 Å². The highest BCUT2D eigenvalue weighted by Crippen LogP contribution is 2.67. The van der Waals surface area contributed by atoms with Gasteiger partial charge < -0.3 is 14.3 Å². The standard InChI is InChI=1S/C28H50O3Si/c1-19(18-31-32(7,8)26(2,3)4)23-11-12-24-20(10-9-13-27(23,24)5)14-25(30-6)28-16-21(28)15-22(29)17-28/h14,19,21-25,29H,9-13,15-18H2,1-8H3/b20-14+/t19-,21?,22+,23?,24?,25?,27-,28?/m1/s1. The van der Waals surface area contributed by atoms with Crippen LogP contribution in [0.3, 0.4) is 0 Å².